The first-order valence-electron chi connectivity index (χ1n) is 5.00. The van der Waals surface area contributed by atoms with Gasteiger partial charge in [0.1, 0.15) is 7.85 Å². The minimum atomic E-state index is 0.157. The fourth-order valence-corrected chi connectivity index (χ4v) is 0.954. The summed E-state index contributed by atoms with van der Waals surface area (Å²) < 4.78 is 0. The summed E-state index contributed by atoms with van der Waals surface area (Å²) in [4.78, 5) is 9.82. The van der Waals surface area contributed by atoms with Gasteiger partial charge in [-0.25, -0.2) is 0 Å². The SMILES string of the molecule is [B]C(=C/C(/C=C\CC)=C/C)/C=C/CN=O. The van der Waals surface area contributed by atoms with Crippen LogP contribution in [-0.2, 0) is 0 Å². The molecule has 0 aromatic heterocycles. The van der Waals surface area contributed by atoms with E-state index in [1.165, 1.54) is 0 Å². The Kier molecular flexibility index (Phi) is 8.35. The maximum absolute atomic E-state index is 9.82. The van der Waals surface area contributed by atoms with E-state index < -0.39 is 0 Å². The summed E-state index contributed by atoms with van der Waals surface area (Å²) >= 11 is 0. The average Bonchev–Trinajstić information content (AvgIpc) is 2.24. The Bertz CT molecular complexity index is 301. The summed E-state index contributed by atoms with van der Waals surface area (Å²) in [5, 5.41) is 2.71. The van der Waals surface area contributed by atoms with E-state index in [0.717, 1.165) is 12.0 Å². The van der Waals surface area contributed by atoms with Crippen molar-refractivity contribution >= 4 is 7.85 Å². The summed E-state index contributed by atoms with van der Waals surface area (Å²) in [7, 11) is 5.72. The zero-order valence-corrected chi connectivity index (χ0v) is 9.31. The maximum Gasteiger partial charge on any atom is 0.113 e. The molecular weight excluding hydrogens is 185 g/mol. The van der Waals surface area contributed by atoms with Crippen molar-refractivity contribution in [2.24, 2.45) is 5.18 Å². The molecule has 0 saturated carbocycles. The van der Waals surface area contributed by atoms with Crippen molar-refractivity contribution in [1.29, 1.82) is 0 Å². The third kappa shape index (κ3) is 7.68. The van der Waals surface area contributed by atoms with Gasteiger partial charge in [-0.1, -0.05) is 54.0 Å². The van der Waals surface area contributed by atoms with Gasteiger partial charge in [0.05, 0.1) is 6.54 Å². The number of allylic oxidation sites excluding steroid dienone is 7. The van der Waals surface area contributed by atoms with E-state index in [1.54, 1.807) is 12.2 Å². The molecule has 0 aromatic carbocycles. The zero-order chi connectivity index (χ0) is 11.5. The highest BCUT2D eigenvalue weighted by Gasteiger charge is 1.86. The Hall–Kier alpha value is -1.38. The Morgan fingerprint density at radius 2 is 2.07 bits per heavy atom. The van der Waals surface area contributed by atoms with Gasteiger partial charge in [0, 0.05) is 0 Å². The standard InChI is InChI=1S/C12H16BNO/c1-3-5-7-11(4-2)10-12(13)8-6-9-14-15/h4-8,10H,3,9H2,1-2H3/b7-5-,8-6+,11-4+,12-10+. The molecule has 0 bridgehead atoms. The highest BCUT2D eigenvalue weighted by molar-refractivity contribution is 6.23. The van der Waals surface area contributed by atoms with Crippen LogP contribution in [0.15, 0.2) is 52.7 Å². The smallest absolute Gasteiger partial charge is 0.113 e. The molecule has 0 rings (SSSR count). The van der Waals surface area contributed by atoms with Crippen LogP contribution < -0.4 is 0 Å². The predicted octanol–water partition coefficient (Wildman–Crippen LogP) is 3.27. The van der Waals surface area contributed by atoms with E-state index in [-0.39, 0.29) is 6.54 Å². The predicted molar refractivity (Wildman–Crippen MR) is 66.8 cm³/mol. The third-order valence-corrected chi connectivity index (χ3v) is 1.70. The topological polar surface area (TPSA) is 29.4 Å². The van der Waals surface area contributed by atoms with Crippen molar-refractivity contribution in [1.82, 2.24) is 0 Å². The molecule has 0 atom stereocenters. The highest BCUT2D eigenvalue weighted by atomic mass is 16.3. The first-order chi connectivity index (χ1) is 7.24. The quantitative estimate of drug-likeness (QED) is 0.368. The average molecular weight is 201 g/mol. The number of nitroso groups, excluding NO2 is 1. The summed E-state index contributed by atoms with van der Waals surface area (Å²) in [5.74, 6) is 0. The molecule has 0 heterocycles. The molecule has 0 aliphatic rings. The number of nitrogens with zero attached hydrogens (tertiary/aromatic N) is 1. The third-order valence-electron chi connectivity index (χ3n) is 1.70. The first-order valence-corrected chi connectivity index (χ1v) is 5.00. The van der Waals surface area contributed by atoms with Crippen LogP contribution in [0.4, 0.5) is 0 Å². The van der Waals surface area contributed by atoms with Gasteiger partial charge in [-0.05, 0) is 18.9 Å². The molecule has 0 unspecified atom stereocenters. The van der Waals surface area contributed by atoms with Crippen molar-refractivity contribution in [3.05, 3.63) is 52.4 Å². The van der Waals surface area contributed by atoms with Crippen molar-refractivity contribution < 1.29 is 0 Å². The molecule has 2 radical (unpaired) electrons. The number of rotatable bonds is 6. The maximum atomic E-state index is 9.82. The Morgan fingerprint density at radius 3 is 2.60 bits per heavy atom. The Morgan fingerprint density at radius 1 is 1.33 bits per heavy atom. The lowest BCUT2D eigenvalue weighted by Gasteiger charge is -1.95. The van der Waals surface area contributed by atoms with Gasteiger partial charge in [-0.2, -0.15) is 4.91 Å². The van der Waals surface area contributed by atoms with E-state index in [2.05, 4.69) is 18.2 Å². The summed E-state index contributed by atoms with van der Waals surface area (Å²) in [6, 6.07) is 0. The van der Waals surface area contributed by atoms with Gasteiger partial charge < -0.3 is 0 Å². The van der Waals surface area contributed by atoms with Gasteiger partial charge in [0.15, 0.2) is 0 Å². The normalized spacial score (nSPS) is 14.0. The highest BCUT2D eigenvalue weighted by Crippen LogP contribution is 2.04. The van der Waals surface area contributed by atoms with E-state index in [0.29, 0.717) is 5.47 Å². The van der Waals surface area contributed by atoms with Crippen molar-refractivity contribution in [2.75, 3.05) is 6.54 Å². The van der Waals surface area contributed by atoms with Crippen LogP contribution >= 0.6 is 0 Å². The Balaban J connectivity index is 4.42. The molecule has 15 heavy (non-hydrogen) atoms. The lowest BCUT2D eigenvalue weighted by Crippen LogP contribution is -1.80. The number of hydrogen-bond donors (Lipinski definition) is 0. The van der Waals surface area contributed by atoms with Crippen LogP contribution in [0.2, 0.25) is 0 Å². The van der Waals surface area contributed by atoms with Crippen LogP contribution in [0.5, 0.6) is 0 Å². The molecule has 2 nitrogen and oxygen atoms in total. The van der Waals surface area contributed by atoms with E-state index >= 15 is 0 Å². The van der Waals surface area contributed by atoms with Crippen LogP contribution in [0.3, 0.4) is 0 Å². The summed E-state index contributed by atoms with van der Waals surface area (Å²) in [6.45, 7) is 4.19. The largest absolute Gasteiger partial charge is 0.150 e. The van der Waals surface area contributed by atoms with Gasteiger partial charge in [0.2, 0.25) is 0 Å². The Labute approximate surface area is 92.8 Å². The lowest BCUT2D eigenvalue weighted by atomic mass is 9.92. The van der Waals surface area contributed by atoms with Crippen LogP contribution in [0, 0.1) is 4.91 Å². The van der Waals surface area contributed by atoms with E-state index in [1.807, 2.05) is 25.2 Å². The molecule has 0 aliphatic heterocycles. The molecule has 3 heteroatoms. The van der Waals surface area contributed by atoms with Gasteiger partial charge in [-0.15, -0.1) is 0 Å². The molecule has 78 valence electrons. The first kappa shape index (κ1) is 13.6. The lowest BCUT2D eigenvalue weighted by molar-refractivity contribution is 1.22. The van der Waals surface area contributed by atoms with E-state index in [4.69, 9.17) is 7.85 Å². The molecular formula is C12H16BNO. The minimum Gasteiger partial charge on any atom is -0.150 e. The minimum absolute atomic E-state index is 0.157. The van der Waals surface area contributed by atoms with Gasteiger partial charge in [-0.3, -0.25) is 0 Å². The van der Waals surface area contributed by atoms with Crippen molar-refractivity contribution in [3.8, 4) is 0 Å². The van der Waals surface area contributed by atoms with Gasteiger partial charge in [0.25, 0.3) is 0 Å². The summed E-state index contributed by atoms with van der Waals surface area (Å²) in [6.07, 6.45) is 12.2. The van der Waals surface area contributed by atoms with Crippen molar-refractivity contribution in [3.63, 3.8) is 0 Å². The molecule has 0 saturated heterocycles. The second kappa shape index (κ2) is 9.19. The number of hydrogen-bond acceptors (Lipinski definition) is 2. The van der Waals surface area contributed by atoms with Crippen LogP contribution in [-0.4, -0.2) is 14.4 Å². The second-order valence-electron chi connectivity index (χ2n) is 2.96. The van der Waals surface area contributed by atoms with E-state index in [9.17, 15) is 4.91 Å². The van der Waals surface area contributed by atoms with Crippen LogP contribution in [0.1, 0.15) is 20.3 Å². The zero-order valence-electron chi connectivity index (χ0n) is 9.31. The second-order valence-corrected chi connectivity index (χ2v) is 2.96. The molecule has 0 aliphatic carbocycles. The molecule has 0 spiro atoms. The fraction of sp³-hybridized carbons (Fsp3) is 0.333. The molecule has 0 amide bonds. The molecule has 0 aromatic rings. The monoisotopic (exact) mass is 201 g/mol. The van der Waals surface area contributed by atoms with Crippen LogP contribution in [0.25, 0.3) is 0 Å². The molecule has 0 fully saturated rings. The van der Waals surface area contributed by atoms with Gasteiger partial charge >= 0.3 is 0 Å². The summed E-state index contributed by atoms with van der Waals surface area (Å²) in [5.41, 5.74) is 1.67. The molecule has 0 N–H and O–H groups in total. The fourth-order valence-electron chi connectivity index (χ4n) is 0.954. The van der Waals surface area contributed by atoms with Crippen molar-refractivity contribution in [2.45, 2.75) is 20.3 Å².